The number of nitrogens with two attached hydrogens (primary N) is 1. The van der Waals surface area contributed by atoms with E-state index in [1.54, 1.807) is 18.5 Å². The van der Waals surface area contributed by atoms with Crippen LogP contribution >= 0.6 is 0 Å². The van der Waals surface area contributed by atoms with Crippen molar-refractivity contribution in [3.63, 3.8) is 0 Å². The second kappa shape index (κ2) is 4.43. The molecule has 0 saturated carbocycles. The number of carbonyl (C=O) groups excluding carboxylic acids is 1. The Kier molecular flexibility index (Phi) is 2.81. The molecule has 0 atom stereocenters. The molecule has 82 valence electrons. The van der Waals surface area contributed by atoms with Crippen LogP contribution in [0.25, 0.3) is 0 Å². The van der Waals surface area contributed by atoms with Crippen LogP contribution in [0.2, 0.25) is 0 Å². The molecule has 0 aromatic carbocycles. The Morgan fingerprint density at radius 1 is 1.44 bits per heavy atom. The van der Waals surface area contributed by atoms with Gasteiger partial charge in [-0.05, 0) is 12.1 Å². The van der Waals surface area contributed by atoms with E-state index in [2.05, 4.69) is 20.3 Å². The molecule has 0 aliphatic heterocycles. The van der Waals surface area contributed by atoms with Crippen molar-refractivity contribution in [2.24, 2.45) is 0 Å². The van der Waals surface area contributed by atoms with Crippen molar-refractivity contribution < 1.29 is 4.79 Å². The second-order valence-electron chi connectivity index (χ2n) is 3.19. The van der Waals surface area contributed by atoms with Crippen LogP contribution in [0.1, 0.15) is 16.2 Å². The van der Waals surface area contributed by atoms with Crippen LogP contribution in [0, 0.1) is 0 Å². The van der Waals surface area contributed by atoms with Crippen LogP contribution in [0.4, 0.5) is 5.82 Å². The average Bonchev–Trinajstić information content (AvgIpc) is 2.78. The first-order valence-corrected chi connectivity index (χ1v) is 4.73. The van der Waals surface area contributed by atoms with Gasteiger partial charge < -0.3 is 16.0 Å². The first-order chi connectivity index (χ1) is 7.75. The lowest BCUT2D eigenvalue weighted by Crippen LogP contribution is -2.23. The second-order valence-corrected chi connectivity index (χ2v) is 3.19. The Morgan fingerprint density at radius 3 is 3.00 bits per heavy atom. The molecule has 0 spiro atoms. The number of H-pyrrole nitrogens is 1. The van der Waals surface area contributed by atoms with Crippen LogP contribution in [0.3, 0.4) is 0 Å². The molecule has 0 aliphatic rings. The summed E-state index contributed by atoms with van der Waals surface area (Å²) < 4.78 is 0. The monoisotopic (exact) mass is 217 g/mol. The van der Waals surface area contributed by atoms with Crippen molar-refractivity contribution in [1.29, 1.82) is 0 Å². The molecular weight excluding hydrogens is 206 g/mol. The van der Waals surface area contributed by atoms with Gasteiger partial charge >= 0.3 is 0 Å². The van der Waals surface area contributed by atoms with Gasteiger partial charge in [-0.1, -0.05) is 0 Å². The highest BCUT2D eigenvalue weighted by Crippen LogP contribution is 2.02. The van der Waals surface area contributed by atoms with Crippen molar-refractivity contribution in [2.45, 2.75) is 6.54 Å². The molecule has 2 heterocycles. The van der Waals surface area contributed by atoms with E-state index in [1.165, 1.54) is 12.3 Å². The molecule has 6 heteroatoms. The summed E-state index contributed by atoms with van der Waals surface area (Å²) in [7, 11) is 0. The Bertz CT molecular complexity index is 480. The summed E-state index contributed by atoms with van der Waals surface area (Å²) in [5.74, 6) is 0.825. The standard InChI is InChI=1S/C10H11N5O/c11-8-5-7(1-2-12-8)10(16)15-6-9-13-3-4-14-9/h1-5H,6H2,(H2,11,12)(H,13,14)(H,15,16). The van der Waals surface area contributed by atoms with Crippen molar-refractivity contribution >= 4 is 11.7 Å². The molecule has 0 bridgehead atoms. The number of nitrogen functional groups attached to an aromatic ring is 1. The highest BCUT2D eigenvalue weighted by Gasteiger charge is 2.05. The van der Waals surface area contributed by atoms with Gasteiger partial charge in [-0.25, -0.2) is 9.97 Å². The largest absolute Gasteiger partial charge is 0.384 e. The zero-order chi connectivity index (χ0) is 11.4. The molecule has 1 amide bonds. The van der Waals surface area contributed by atoms with Crippen LogP contribution in [0.15, 0.2) is 30.7 Å². The van der Waals surface area contributed by atoms with E-state index < -0.39 is 0 Å². The van der Waals surface area contributed by atoms with Gasteiger partial charge in [0, 0.05) is 24.2 Å². The molecule has 4 N–H and O–H groups in total. The van der Waals surface area contributed by atoms with Crippen molar-refractivity contribution in [3.8, 4) is 0 Å². The summed E-state index contributed by atoms with van der Waals surface area (Å²) in [6.07, 6.45) is 4.83. The highest BCUT2D eigenvalue weighted by molar-refractivity contribution is 5.94. The third kappa shape index (κ3) is 2.35. The number of amides is 1. The topological polar surface area (TPSA) is 96.7 Å². The number of hydrogen-bond acceptors (Lipinski definition) is 4. The molecular formula is C10H11N5O. The molecule has 0 aliphatic carbocycles. The number of anilines is 1. The quantitative estimate of drug-likeness (QED) is 0.689. The number of imidazole rings is 1. The molecule has 0 radical (unpaired) electrons. The number of pyridine rings is 1. The fourth-order valence-corrected chi connectivity index (χ4v) is 1.25. The Balaban J connectivity index is 1.98. The number of hydrogen-bond donors (Lipinski definition) is 3. The average molecular weight is 217 g/mol. The molecule has 0 saturated heterocycles. The lowest BCUT2D eigenvalue weighted by molar-refractivity contribution is 0.0950. The maximum Gasteiger partial charge on any atom is 0.251 e. The first-order valence-electron chi connectivity index (χ1n) is 4.73. The maximum atomic E-state index is 11.7. The van der Waals surface area contributed by atoms with E-state index in [1.807, 2.05) is 0 Å². The van der Waals surface area contributed by atoms with E-state index in [0.29, 0.717) is 23.8 Å². The van der Waals surface area contributed by atoms with Crippen LogP contribution in [0.5, 0.6) is 0 Å². The predicted octanol–water partition coefficient (Wildman–Crippen LogP) is 0.317. The van der Waals surface area contributed by atoms with Gasteiger partial charge in [0.15, 0.2) is 0 Å². The Hall–Kier alpha value is -2.37. The number of rotatable bonds is 3. The fraction of sp³-hybridized carbons (Fsp3) is 0.100. The van der Waals surface area contributed by atoms with Gasteiger partial charge in [-0.3, -0.25) is 4.79 Å². The molecule has 2 aromatic heterocycles. The van der Waals surface area contributed by atoms with E-state index in [4.69, 9.17) is 5.73 Å². The highest BCUT2D eigenvalue weighted by atomic mass is 16.1. The van der Waals surface area contributed by atoms with Gasteiger partial charge in [-0.15, -0.1) is 0 Å². The molecule has 16 heavy (non-hydrogen) atoms. The van der Waals surface area contributed by atoms with Gasteiger partial charge in [-0.2, -0.15) is 0 Å². The molecule has 2 aromatic rings. The summed E-state index contributed by atoms with van der Waals surface area (Å²) in [5.41, 5.74) is 5.96. The van der Waals surface area contributed by atoms with Crippen molar-refractivity contribution in [2.75, 3.05) is 5.73 Å². The van der Waals surface area contributed by atoms with E-state index in [0.717, 1.165) is 0 Å². The molecule has 0 fully saturated rings. The lowest BCUT2D eigenvalue weighted by atomic mass is 10.2. The Morgan fingerprint density at radius 2 is 2.31 bits per heavy atom. The van der Waals surface area contributed by atoms with E-state index >= 15 is 0 Å². The predicted molar refractivity (Wildman–Crippen MR) is 58.4 cm³/mol. The van der Waals surface area contributed by atoms with Crippen molar-refractivity contribution in [3.05, 3.63) is 42.1 Å². The van der Waals surface area contributed by atoms with Gasteiger partial charge in [0.05, 0.1) is 6.54 Å². The fourth-order valence-electron chi connectivity index (χ4n) is 1.25. The van der Waals surface area contributed by atoms with Crippen molar-refractivity contribution in [1.82, 2.24) is 20.3 Å². The SMILES string of the molecule is Nc1cc(C(=O)NCc2ncc[nH]2)ccn1. The number of nitrogens with zero attached hydrogens (tertiary/aromatic N) is 2. The van der Waals surface area contributed by atoms with Gasteiger partial charge in [0.25, 0.3) is 5.91 Å². The summed E-state index contributed by atoms with van der Waals surface area (Å²) >= 11 is 0. The zero-order valence-electron chi connectivity index (χ0n) is 8.47. The smallest absolute Gasteiger partial charge is 0.251 e. The Labute approximate surface area is 91.9 Å². The number of aromatic nitrogens is 3. The lowest BCUT2D eigenvalue weighted by Gasteiger charge is -2.03. The maximum absolute atomic E-state index is 11.7. The first kappa shape index (κ1) is 10.2. The molecule has 0 unspecified atom stereocenters. The third-order valence-corrected chi connectivity index (χ3v) is 2.01. The zero-order valence-corrected chi connectivity index (χ0v) is 8.47. The minimum absolute atomic E-state index is 0.203. The van der Waals surface area contributed by atoms with E-state index in [-0.39, 0.29) is 5.91 Å². The van der Waals surface area contributed by atoms with Crippen LogP contribution in [-0.4, -0.2) is 20.9 Å². The van der Waals surface area contributed by atoms with E-state index in [9.17, 15) is 4.79 Å². The molecule has 6 nitrogen and oxygen atoms in total. The summed E-state index contributed by atoms with van der Waals surface area (Å²) in [6, 6.07) is 3.13. The summed E-state index contributed by atoms with van der Waals surface area (Å²) in [5, 5.41) is 2.71. The minimum Gasteiger partial charge on any atom is -0.384 e. The summed E-state index contributed by atoms with van der Waals surface area (Å²) in [6.45, 7) is 0.355. The third-order valence-electron chi connectivity index (χ3n) is 2.01. The number of carbonyl (C=O) groups is 1. The summed E-state index contributed by atoms with van der Waals surface area (Å²) in [4.78, 5) is 22.4. The van der Waals surface area contributed by atoms with Gasteiger partial charge in [0.2, 0.25) is 0 Å². The normalized spacial score (nSPS) is 10.0. The van der Waals surface area contributed by atoms with Crippen LogP contribution < -0.4 is 11.1 Å². The van der Waals surface area contributed by atoms with Gasteiger partial charge in [0.1, 0.15) is 11.6 Å². The molecule has 2 rings (SSSR count). The number of aromatic amines is 1. The minimum atomic E-state index is -0.203. The number of nitrogens with one attached hydrogen (secondary N) is 2. The van der Waals surface area contributed by atoms with Crippen LogP contribution in [-0.2, 0) is 6.54 Å².